The number of rotatable bonds is 6. The second-order valence-electron chi connectivity index (χ2n) is 4.27. The Morgan fingerprint density at radius 3 is 2.60 bits per heavy atom. The predicted molar refractivity (Wildman–Crippen MR) is 69.5 cm³/mol. The minimum Gasteiger partial charge on any atom is -0.465 e. The summed E-state index contributed by atoms with van der Waals surface area (Å²) in [6.07, 6.45) is -2.37. The molecule has 0 aliphatic rings. The van der Waals surface area contributed by atoms with Crippen LogP contribution in [0.5, 0.6) is 0 Å². The molecule has 0 radical (unpaired) electrons. The standard InChI is InChI=1S/C12H16N2O6/c1-8-6-9(2-3-10(8)14(19)20)11(16)7-13(4-5-15)12(17)18/h2-3,6,11,15-16H,4-5,7H2,1H3,(H,17,18)/t11-/m1/s1. The summed E-state index contributed by atoms with van der Waals surface area (Å²) in [5.74, 6) is 0. The van der Waals surface area contributed by atoms with Crippen LogP contribution in [0.3, 0.4) is 0 Å². The lowest BCUT2D eigenvalue weighted by Gasteiger charge is -2.21. The lowest BCUT2D eigenvalue weighted by molar-refractivity contribution is -0.385. The van der Waals surface area contributed by atoms with E-state index in [2.05, 4.69) is 0 Å². The number of benzene rings is 1. The summed E-state index contributed by atoms with van der Waals surface area (Å²) in [6.45, 7) is 0.862. The molecule has 0 aliphatic heterocycles. The van der Waals surface area contributed by atoms with Gasteiger partial charge in [-0.1, -0.05) is 0 Å². The lowest BCUT2D eigenvalue weighted by Crippen LogP contribution is -2.35. The Morgan fingerprint density at radius 2 is 2.15 bits per heavy atom. The second kappa shape index (κ2) is 6.83. The molecular formula is C12H16N2O6. The van der Waals surface area contributed by atoms with E-state index in [0.29, 0.717) is 11.1 Å². The molecule has 0 aliphatic carbocycles. The van der Waals surface area contributed by atoms with Crippen molar-refractivity contribution in [1.29, 1.82) is 0 Å². The highest BCUT2D eigenvalue weighted by molar-refractivity contribution is 5.65. The minimum absolute atomic E-state index is 0.0635. The zero-order valence-corrected chi connectivity index (χ0v) is 10.9. The van der Waals surface area contributed by atoms with Crippen LogP contribution in [-0.4, -0.2) is 50.9 Å². The molecule has 1 aromatic carbocycles. The van der Waals surface area contributed by atoms with E-state index < -0.39 is 17.1 Å². The van der Waals surface area contributed by atoms with E-state index in [1.54, 1.807) is 0 Å². The van der Waals surface area contributed by atoms with E-state index in [1.165, 1.54) is 25.1 Å². The Kier molecular flexibility index (Phi) is 5.42. The van der Waals surface area contributed by atoms with E-state index in [0.717, 1.165) is 4.90 Å². The average Bonchev–Trinajstić information content (AvgIpc) is 2.37. The number of aliphatic hydroxyl groups is 2. The molecule has 20 heavy (non-hydrogen) atoms. The number of nitro benzene ring substituents is 1. The minimum atomic E-state index is -1.25. The van der Waals surface area contributed by atoms with Crippen LogP contribution in [0.15, 0.2) is 18.2 Å². The van der Waals surface area contributed by atoms with Gasteiger partial charge in [0.1, 0.15) is 0 Å². The van der Waals surface area contributed by atoms with Gasteiger partial charge in [-0.2, -0.15) is 0 Å². The Bertz CT molecular complexity index is 505. The number of aliphatic hydroxyl groups excluding tert-OH is 2. The van der Waals surface area contributed by atoms with Crippen molar-refractivity contribution in [2.24, 2.45) is 0 Å². The largest absolute Gasteiger partial charge is 0.465 e. The number of hydrogen-bond donors (Lipinski definition) is 3. The van der Waals surface area contributed by atoms with Gasteiger partial charge in [0.2, 0.25) is 0 Å². The third-order valence-electron chi connectivity index (χ3n) is 2.84. The highest BCUT2D eigenvalue weighted by Crippen LogP contribution is 2.23. The first-order chi connectivity index (χ1) is 9.36. The molecule has 0 fully saturated rings. The number of hydrogen-bond acceptors (Lipinski definition) is 5. The van der Waals surface area contributed by atoms with Crippen molar-refractivity contribution in [2.75, 3.05) is 19.7 Å². The van der Waals surface area contributed by atoms with Crippen molar-refractivity contribution in [3.05, 3.63) is 39.4 Å². The van der Waals surface area contributed by atoms with E-state index in [4.69, 9.17) is 10.2 Å². The highest BCUT2D eigenvalue weighted by Gasteiger charge is 2.19. The molecule has 1 aromatic rings. The van der Waals surface area contributed by atoms with Crippen LogP contribution in [0.2, 0.25) is 0 Å². The van der Waals surface area contributed by atoms with Gasteiger partial charge >= 0.3 is 6.09 Å². The van der Waals surface area contributed by atoms with Gasteiger partial charge in [-0.3, -0.25) is 10.1 Å². The molecule has 0 unspecified atom stereocenters. The van der Waals surface area contributed by atoms with Crippen LogP contribution >= 0.6 is 0 Å². The Balaban J connectivity index is 2.86. The molecule has 0 saturated carbocycles. The molecule has 110 valence electrons. The molecular weight excluding hydrogens is 268 g/mol. The summed E-state index contributed by atoms with van der Waals surface area (Å²) >= 11 is 0. The maximum atomic E-state index is 10.9. The van der Waals surface area contributed by atoms with E-state index >= 15 is 0 Å². The number of carbonyl (C=O) groups is 1. The molecule has 0 saturated heterocycles. The highest BCUT2D eigenvalue weighted by atomic mass is 16.6. The SMILES string of the molecule is Cc1cc([C@H](O)CN(CCO)C(=O)O)ccc1[N+](=O)[O-]. The molecule has 3 N–H and O–H groups in total. The molecule has 8 heteroatoms. The first-order valence-electron chi connectivity index (χ1n) is 5.88. The molecule has 1 amide bonds. The van der Waals surface area contributed by atoms with Crippen molar-refractivity contribution >= 4 is 11.8 Å². The van der Waals surface area contributed by atoms with Crippen LogP contribution < -0.4 is 0 Å². The fraction of sp³-hybridized carbons (Fsp3) is 0.417. The van der Waals surface area contributed by atoms with Gasteiger partial charge in [-0.15, -0.1) is 0 Å². The van der Waals surface area contributed by atoms with Gasteiger partial charge in [0.25, 0.3) is 5.69 Å². The third kappa shape index (κ3) is 3.90. The molecule has 1 atom stereocenters. The average molecular weight is 284 g/mol. The molecule has 0 spiro atoms. The van der Waals surface area contributed by atoms with E-state index in [9.17, 15) is 20.0 Å². The zero-order valence-electron chi connectivity index (χ0n) is 10.9. The first kappa shape index (κ1) is 15.9. The summed E-state index contributed by atoms with van der Waals surface area (Å²) in [7, 11) is 0. The Labute approximate surface area is 115 Å². The van der Waals surface area contributed by atoms with Crippen molar-refractivity contribution in [3.63, 3.8) is 0 Å². The fourth-order valence-electron chi connectivity index (χ4n) is 1.79. The van der Waals surface area contributed by atoms with Gasteiger partial charge in [-0.05, 0) is 24.6 Å². The lowest BCUT2D eigenvalue weighted by atomic mass is 10.0. The number of aryl methyl sites for hydroxylation is 1. The van der Waals surface area contributed by atoms with Crippen LogP contribution in [0.1, 0.15) is 17.2 Å². The monoisotopic (exact) mass is 284 g/mol. The van der Waals surface area contributed by atoms with Gasteiger partial charge < -0.3 is 20.2 Å². The van der Waals surface area contributed by atoms with Crippen LogP contribution in [0.4, 0.5) is 10.5 Å². The number of nitro groups is 1. The molecule has 0 bridgehead atoms. The first-order valence-corrected chi connectivity index (χ1v) is 5.88. The molecule has 0 heterocycles. The van der Waals surface area contributed by atoms with Gasteiger partial charge in [0.05, 0.1) is 24.2 Å². The van der Waals surface area contributed by atoms with Gasteiger partial charge in [0, 0.05) is 18.2 Å². The van der Waals surface area contributed by atoms with Crippen molar-refractivity contribution in [3.8, 4) is 0 Å². The number of carboxylic acid groups (broad SMARTS) is 1. The summed E-state index contributed by atoms with van der Waals surface area (Å²) in [5, 5.41) is 38.3. The van der Waals surface area contributed by atoms with Crippen molar-refractivity contribution in [2.45, 2.75) is 13.0 Å². The zero-order chi connectivity index (χ0) is 15.3. The van der Waals surface area contributed by atoms with Crippen molar-refractivity contribution < 1.29 is 25.0 Å². The summed E-state index contributed by atoms with van der Waals surface area (Å²) in [6, 6.07) is 4.10. The third-order valence-corrected chi connectivity index (χ3v) is 2.84. The normalized spacial score (nSPS) is 11.9. The fourth-order valence-corrected chi connectivity index (χ4v) is 1.79. The topological polar surface area (TPSA) is 124 Å². The summed E-state index contributed by atoms with van der Waals surface area (Å²) < 4.78 is 0. The van der Waals surface area contributed by atoms with Crippen molar-refractivity contribution in [1.82, 2.24) is 4.90 Å². The van der Waals surface area contributed by atoms with Crippen LogP contribution in [-0.2, 0) is 0 Å². The Morgan fingerprint density at radius 1 is 1.50 bits per heavy atom. The quantitative estimate of drug-likeness (QED) is 0.526. The predicted octanol–water partition coefficient (Wildman–Crippen LogP) is 0.909. The van der Waals surface area contributed by atoms with E-state index in [1.807, 2.05) is 0 Å². The number of amides is 1. The molecule has 8 nitrogen and oxygen atoms in total. The Hall–Kier alpha value is -2.19. The molecule has 0 aromatic heterocycles. The van der Waals surface area contributed by atoms with Gasteiger partial charge in [0.15, 0.2) is 0 Å². The maximum absolute atomic E-state index is 10.9. The van der Waals surface area contributed by atoms with Gasteiger partial charge in [-0.25, -0.2) is 4.79 Å². The van der Waals surface area contributed by atoms with Crippen LogP contribution in [0, 0.1) is 17.0 Å². The van der Waals surface area contributed by atoms with Crippen LogP contribution in [0.25, 0.3) is 0 Å². The number of nitrogens with zero attached hydrogens (tertiary/aromatic N) is 2. The second-order valence-corrected chi connectivity index (χ2v) is 4.27. The molecule has 1 rings (SSSR count). The summed E-state index contributed by atoms with van der Waals surface area (Å²) in [4.78, 5) is 21.9. The maximum Gasteiger partial charge on any atom is 0.407 e. The summed E-state index contributed by atoms with van der Waals surface area (Å²) in [5.41, 5.74) is 0.708. The smallest absolute Gasteiger partial charge is 0.407 e. The van der Waals surface area contributed by atoms with E-state index in [-0.39, 0.29) is 25.4 Å².